The van der Waals surface area contributed by atoms with Crippen LogP contribution in [0.5, 0.6) is 5.88 Å². The Morgan fingerprint density at radius 1 is 1.75 bits per heavy atom. The van der Waals surface area contributed by atoms with Crippen molar-refractivity contribution >= 4 is 19.2 Å². The monoisotopic (exact) mass is 206 g/mol. The summed E-state index contributed by atoms with van der Waals surface area (Å²) in [5.41, 5.74) is 1.27. The Kier molecular flexibility index (Phi) is 2.45. The van der Waals surface area contributed by atoms with Gasteiger partial charge in [0.25, 0.3) is 5.88 Å². The molecule has 2 N–H and O–H groups in total. The van der Waals surface area contributed by atoms with Gasteiger partial charge in [-0.15, -0.1) is 11.3 Å². The van der Waals surface area contributed by atoms with Crippen LogP contribution in [0.4, 0.5) is 0 Å². The van der Waals surface area contributed by atoms with Crippen LogP contribution in [0.15, 0.2) is 5.51 Å². The summed E-state index contributed by atoms with van der Waals surface area (Å²) in [5, 5.41) is 8.39. The molecule has 0 amide bonds. The minimum Gasteiger partial charge on any atom is -0.383 e. The number of phosphoric acid groups is 1. The molecule has 0 fully saturated rings. The molecule has 1 rings (SSSR count). The van der Waals surface area contributed by atoms with E-state index in [1.165, 1.54) is 5.51 Å². The summed E-state index contributed by atoms with van der Waals surface area (Å²) in [6.45, 7) is 0. The highest BCUT2D eigenvalue weighted by atomic mass is 32.1. The highest BCUT2D eigenvalue weighted by molar-refractivity contribution is 7.46. The number of aromatic nitrogens is 1. The van der Waals surface area contributed by atoms with Gasteiger partial charge < -0.3 is 4.52 Å². The maximum Gasteiger partial charge on any atom is 0.526 e. The van der Waals surface area contributed by atoms with E-state index in [2.05, 4.69) is 9.51 Å². The molecular weight excluding hydrogens is 203 g/mol. The number of nitriles is 1. The van der Waals surface area contributed by atoms with Crippen molar-refractivity contribution in [3.05, 3.63) is 10.4 Å². The summed E-state index contributed by atoms with van der Waals surface area (Å²) in [4.78, 5) is 20.2. The van der Waals surface area contributed by atoms with Crippen molar-refractivity contribution < 1.29 is 18.9 Å². The summed E-state index contributed by atoms with van der Waals surface area (Å²) in [5.74, 6) is -0.323. The SMILES string of the molecule is N#Cc1scnc1OP(=O)(O)O. The standard InChI is InChI=1S/C4H3N2O4PS/c5-1-3-4(6-2-12-3)10-11(7,8)9/h2H,(H2,7,8,9). The van der Waals surface area contributed by atoms with Crippen molar-refractivity contribution in [3.8, 4) is 11.9 Å². The predicted molar refractivity (Wildman–Crippen MR) is 39.5 cm³/mol. The van der Waals surface area contributed by atoms with Crippen LogP contribution in [-0.2, 0) is 4.57 Å². The van der Waals surface area contributed by atoms with Crippen LogP contribution >= 0.6 is 19.2 Å². The molecule has 0 aromatic carbocycles. The summed E-state index contributed by atoms with van der Waals surface area (Å²) in [7, 11) is -4.60. The quantitative estimate of drug-likeness (QED) is 0.682. The Balaban J connectivity index is 2.91. The van der Waals surface area contributed by atoms with Crippen LogP contribution < -0.4 is 4.52 Å². The molecule has 8 heteroatoms. The molecular formula is C4H3N2O4PS. The molecule has 0 saturated heterocycles. The number of thiazole rings is 1. The molecule has 0 aliphatic carbocycles. The van der Waals surface area contributed by atoms with Gasteiger partial charge in [0, 0.05) is 0 Å². The maximum absolute atomic E-state index is 10.3. The molecule has 0 aliphatic rings. The van der Waals surface area contributed by atoms with Gasteiger partial charge in [-0.3, -0.25) is 9.79 Å². The Hall–Kier alpha value is -0.930. The highest BCUT2D eigenvalue weighted by Crippen LogP contribution is 2.38. The lowest BCUT2D eigenvalue weighted by Crippen LogP contribution is -1.91. The smallest absolute Gasteiger partial charge is 0.383 e. The van der Waals surface area contributed by atoms with E-state index in [4.69, 9.17) is 15.0 Å². The van der Waals surface area contributed by atoms with Gasteiger partial charge in [-0.25, -0.2) is 9.55 Å². The first-order chi connectivity index (χ1) is 5.53. The van der Waals surface area contributed by atoms with Crippen LogP contribution in [0.1, 0.15) is 4.88 Å². The lowest BCUT2D eigenvalue weighted by molar-refractivity contribution is 0.280. The average molecular weight is 206 g/mol. The van der Waals surface area contributed by atoms with Crippen molar-refractivity contribution in [3.63, 3.8) is 0 Å². The Morgan fingerprint density at radius 2 is 2.42 bits per heavy atom. The fourth-order valence-corrected chi connectivity index (χ4v) is 1.42. The van der Waals surface area contributed by atoms with E-state index in [1.54, 1.807) is 6.07 Å². The van der Waals surface area contributed by atoms with Crippen molar-refractivity contribution in [2.75, 3.05) is 0 Å². The zero-order chi connectivity index (χ0) is 9.19. The van der Waals surface area contributed by atoms with Gasteiger partial charge in [0.05, 0.1) is 5.51 Å². The van der Waals surface area contributed by atoms with E-state index in [0.29, 0.717) is 0 Å². The van der Waals surface area contributed by atoms with E-state index in [1.807, 2.05) is 0 Å². The van der Waals surface area contributed by atoms with E-state index in [-0.39, 0.29) is 10.8 Å². The number of phosphoric ester groups is 1. The largest absolute Gasteiger partial charge is 0.526 e. The third kappa shape index (κ3) is 2.29. The van der Waals surface area contributed by atoms with Crippen molar-refractivity contribution in [1.29, 1.82) is 5.26 Å². The van der Waals surface area contributed by atoms with Gasteiger partial charge in [0.15, 0.2) is 4.88 Å². The summed E-state index contributed by atoms with van der Waals surface area (Å²) >= 11 is 0.950. The maximum atomic E-state index is 10.3. The highest BCUT2D eigenvalue weighted by Gasteiger charge is 2.20. The lowest BCUT2D eigenvalue weighted by Gasteiger charge is -2.01. The third-order valence-electron chi connectivity index (χ3n) is 0.842. The van der Waals surface area contributed by atoms with Crippen LogP contribution in [0, 0.1) is 11.3 Å². The second kappa shape index (κ2) is 3.21. The first-order valence-corrected chi connectivity index (χ1v) is 5.02. The summed E-state index contributed by atoms with van der Waals surface area (Å²) in [6.07, 6.45) is 0. The van der Waals surface area contributed by atoms with E-state index in [9.17, 15) is 4.57 Å². The molecule has 0 atom stereocenters. The van der Waals surface area contributed by atoms with Gasteiger partial charge in [-0.1, -0.05) is 0 Å². The molecule has 0 bridgehead atoms. The molecule has 64 valence electrons. The van der Waals surface area contributed by atoms with Crippen molar-refractivity contribution in [2.24, 2.45) is 0 Å². The zero-order valence-corrected chi connectivity index (χ0v) is 7.25. The summed E-state index contributed by atoms with van der Waals surface area (Å²) in [6, 6.07) is 1.69. The van der Waals surface area contributed by atoms with Crippen molar-refractivity contribution in [2.45, 2.75) is 0 Å². The van der Waals surface area contributed by atoms with Crippen molar-refractivity contribution in [1.82, 2.24) is 4.98 Å². The van der Waals surface area contributed by atoms with E-state index >= 15 is 0 Å². The van der Waals surface area contributed by atoms with Gasteiger partial charge >= 0.3 is 7.82 Å². The number of hydrogen-bond donors (Lipinski definition) is 2. The molecule has 0 unspecified atom stereocenters. The fourth-order valence-electron chi connectivity index (χ4n) is 0.488. The molecule has 0 spiro atoms. The molecule has 0 saturated carbocycles. The fraction of sp³-hybridized carbons (Fsp3) is 0. The van der Waals surface area contributed by atoms with Crippen LogP contribution in [0.25, 0.3) is 0 Å². The van der Waals surface area contributed by atoms with Gasteiger partial charge in [-0.05, 0) is 0 Å². The van der Waals surface area contributed by atoms with E-state index in [0.717, 1.165) is 11.3 Å². The van der Waals surface area contributed by atoms with E-state index < -0.39 is 7.82 Å². The molecule has 0 radical (unpaired) electrons. The minimum absolute atomic E-state index is 0.0401. The lowest BCUT2D eigenvalue weighted by atomic mass is 10.6. The normalized spacial score (nSPS) is 10.8. The third-order valence-corrected chi connectivity index (χ3v) is 1.96. The number of hydrogen-bond acceptors (Lipinski definition) is 5. The first-order valence-electron chi connectivity index (χ1n) is 2.61. The predicted octanol–water partition coefficient (Wildman–Crippen LogP) is 0.486. The zero-order valence-electron chi connectivity index (χ0n) is 5.54. The minimum atomic E-state index is -4.60. The Morgan fingerprint density at radius 3 is 2.92 bits per heavy atom. The summed E-state index contributed by atoms with van der Waals surface area (Å²) < 4.78 is 14.4. The molecule has 1 aromatic rings. The topological polar surface area (TPSA) is 103 Å². The average Bonchev–Trinajstić information content (AvgIpc) is 2.31. The molecule has 1 heterocycles. The van der Waals surface area contributed by atoms with Gasteiger partial charge in [-0.2, -0.15) is 5.26 Å². The number of rotatable bonds is 2. The van der Waals surface area contributed by atoms with Crippen LogP contribution in [-0.4, -0.2) is 14.8 Å². The second-order valence-electron chi connectivity index (χ2n) is 1.68. The molecule has 12 heavy (non-hydrogen) atoms. The molecule has 6 nitrogen and oxygen atoms in total. The van der Waals surface area contributed by atoms with Crippen LogP contribution in [0.2, 0.25) is 0 Å². The molecule has 0 aliphatic heterocycles. The van der Waals surface area contributed by atoms with Gasteiger partial charge in [0.1, 0.15) is 6.07 Å². The van der Waals surface area contributed by atoms with Crippen LogP contribution in [0.3, 0.4) is 0 Å². The molecule has 1 aromatic heterocycles. The first kappa shape index (κ1) is 9.16. The number of nitrogens with zero attached hydrogens (tertiary/aromatic N) is 2. The van der Waals surface area contributed by atoms with Gasteiger partial charge in [0.2, 0.25) is 0 Å². The Labute approximate surface area is 71.3 Å². The Bertz CT molecular complexity index is 363. The second-order valence-corrected chi connectivity index (χ2v) is 3.70.